The van der Waals surface area contributed by atoms with Crippen LogP contribution in [-0.2, 0) is 17.9 Å². The Kier molecular flexibility index (Phi) is 10.3. The van der Waals surface area contributed by atoms with E-state index in [2.05, 4.69) is 9.88 Å². The normalized spacial score (nSPS) is 10.7. The van der Waals surface area contributed by atoms with E-state index in [4.69, 9.17) is 27.9 Å². The fourth-order valence-electron chi connectivity index (χ4n) is 1.88. The molecular formula is C13H21Cl3N2O2. The summed E-state index contributed by atoms with van der Waals surface area (Å²) in [7, 11) is 1.61. The Balaban J connectivity index is 0.00000361. The van der Waals surface area contributed by atoms with E-state index in [1.807, 2.05) is 0 Å². The first-order valence-electron chi connectivity index (χ1n) is 6.13. The summed E-state index contributed by atoms with van der Waals surface area (Å²) in [6, 6.07) is 0. The summed E-state index contributed by atoms with van der Waals surface area (Å²) in [5, 5.41) is 10.1. The number of rotatable bonds is 8. The minimum absolute atomic E-state index is 0. The second-order valence-corrected chi connectivity index (χ2v) is 5.04. The van der Waals surface area contributed by atoms with Gasteiger partial charge in [-0.25, -0.2) is 0 Å². The number of alkyl halides is 2. The van der Waals surface area contributed by atoms with Crippen molar-refractivity contribution in [1.29, 1.82) is 0 Å². The standard InChI is InChI=1S/C13H20Cl2N2O2.ClH/c1-10-13(18)12(9-19-2)11(7-16-10)8-17(5-3-14)6-4-15;/h7,18H,3-6,8-9H2,1-2H3;1H. The van der Waals surface area contributed by atoms with Crippen LogP contribution in [0, 0.1) is 6.92 Å². The molecule has 0 radical (unpaired) electrons. The predicted molar refractivity (Wildman–Crippen MR) is 85.3 cm³/mol. The molecule has 4 nitrogen and oxygen atoms in total. The van der Waals surface area contributed by atoms with Crippen molar-refractivity contribution in [2.24, 2.45) is 0 Å². The molecule has 0 fully saturated rings. The SMILES string of the molecule is COCc1c(CN(CCCl)CCCl)cnc(C)c1O.Cl. The fraction of sp³-hybridized carbons (Fsp3) is 0.615. The van der Waals surface area contributed by atoms with E-state index in [9.17, 15) is 5.11 Å². The van der Waals surface area contributed by atoms with Crippen molar-refractivity contribution in [3.63, 3.8) is 0 Å². The average Bonchev–Trinajstić information content (AvgIpc) is 2.39. The molecule has 0 aromatic carbocycles. The Morgan fingerprint density at radius 1 is 1.30 bits per heavy atom. The smallest absolute Gasteiger partial charge is 0.142 e. The van der Waals surface area contributed by atoms with Gasteiger partial charge in [-0.1, -0.05) is 0 Å². The quantitative estimate of drug-likeness (QED) is 0.737. The molecule has 0 bridgehead atoms. The topological polar surface area (TPSA) is 45.6 Å². The second-order valence-electron chi connectivity index (χ2n) is 4.28. The van der Waals surface area contributed by atoms with Crippen molar-refractivity contribution in [3.8, 4) is 5.75 Å². The van der Waals surface area contributed by atoms with Crippen molar-refractivity contribution in [2.45, 2.75) is 20.1 Å². The lowest BCUT2D eigenvalue weighted by Crippen LogP contribution is -2.28. The van der Waals surface area contributed by atoms with E-state index in [1.54, 1.807) is 20.2 Å². The average molecular weight is 344 g/mol. The van der Waals surface area contributed by atoms with Crippen LogP contribution in [0.3, 0.4) is 0 Å². The van der Waals surface area contributed by atoms with Gasteiger partial charge in [0.2, 0.25) is 0 Å². The molecule has 0 amide bonds. The first kappa shape index (κ1) is 19.7. The Labute approximate surface area is 136 Å². The molecule has 1 N–H and O–H groups in total. The van der Waals surface area contributed by atoms with Gasteiger partial charge in [0.05, 0.1) is 12.3 Å². The van der Waals surface area contributed by atoms with Crippen LogP contribution in [0.5, 0.6) is 5.75 Å². The summed E-state index contributed by atoms with van der Waals surface area (Å²) in [5.74, 6) is 1.29. The van der Waals surface area contributed by atoms with E-state index in [0.717, 1.165) is 24.2 Å². The largest absolute Gasteiger partial charge is 0.506 e. The van der Waals surface area contributed by atoms with E-state index >= 15 is 0 Å². The number of aryl methyl sites for hydroxylation is 1. The Morgan fingerprint density at radius 3 is 2.40 bits per heavy atom. The van der Waals surface area contributed by atoms with Gasteiger partial charge in [-0.15, -0.1) is 35.6 Å². The first-order chi connectivity index (χ1) is 9.13. The summed E-state index contributed by atoms with van der Waals surface area (Å²) in [6.07, 6.45) is 1.78. The summed E-state index contributed by atoms with van der Waals surface area (Å²) < 4.78 is 5.15. The molecule has 0 aliphatic rings. The Hall–Kier alpha value is -0.260. The Bertz CT molecular complexity index is 399. The lowest BCUT2D eigenvalue weighted by atomic mass is 10.1. The molecule has 0 atom stereocenters. The highest BCUT2D eigenvalue weighted by Gasteiger charge is 2.14. The molecule has 116 valence electrons. The van der Waals surface area contributed by atoms with Gasteiger partial charge in [0.25, 0.3) is 0 Å². The van der Waals surface area contributed by atoms with Crippen molar-refractivity contribution in [1.82, 2.24) is 9.88 Å². The van der Waals surface area contributed by atoms with E-state index < -0.39 is 0 Å². The lowest BCUT2D eigenvalue weighted by molar-refractivity contribution is 0.179. The van der Waals surface area contributed by atoms with Gasteiger partial charge < -0.3 is 9.84 Å². The van der Waals surface area contributed by atoms with Gasteiger partial charge in [0.1, 0.15) is 5.75 Å². The van der Waals surface area contributed by atoms with Gasteiger partial charge in [-0.2, -0.15) is 0 Å². The molecule has 0 saturated carbocycles. The minimum Gasteiger partial charge on any atom is -0.506 e. The van der Waals surface area contributed by atoms with E-state index in [0.29, 0.717) is 30.6 Å². The summed E-state index contributed by atoms with van der Waals surface area (Å²) in [6.45, 7) is 4.28. The van der Waals surface area contributed by atoms with Crippen LogP contribution in [0.2, 0.25) is 0 Å². The third kappa shape index (κ3) is 5.62. The number of ether oxygens (including phenoxy) is 1. The molecule has 0 saturated heterocycles. The number of halogens is 3. The molecule has 0 aliphatic heterocycles. The molecule has 1 rings (SSSR count). The zero-order valence-corrected chi connectivity index (χ0v) is 14.1. The highest BCUT2D eigenvalue weighted by Crippen LogP contribution is 2.25. The van der Waals surface area contributed by atoms with Gasteiger partial charge in [0, 0.05) is 50.3 Å². The predicted octanol–water partition coefficient (Wildman–Crippen LogP) is 2.94. The number of methoxy groups -OCH3 is 1. The summed E-state index contributed by atoms with van der Waals surface area (Å²) in [5.41, 5.74) is 2.33. The molecule has 0 spiro atoms. The number of pyridine rings is 1. The first-order valence-corrected chi connectivity index (χ1v) is 7.20. The van der Waals surface area contributed by atoms with E-state index in [1.165, 1.54) is 0 Å². The van der Waals surface area contributed by atoms with Crippen LogP contribution < -0.4 is 0 Å². The highest BCUT2D eigenvalue weighted by atomic mass is 35.5. The fourth-order valence-corrected chi connectivity index (χ4v) is 2.35. The summed E-state index contributed by atoms with van der Waals surface area (Å²) >= 11 is 11.6. The molecule has 7 heteroatoms. The molecular weight excluding hydrogens is 323 g/mol. The van der Waals surface area contributed by atoms with Crippen LogP contribution in [0.1, 0.15) is 16.8 Å². The number of aromatic nitrogens is 1. The number of hydrogen-bond acceptors (Lipinski definition) is 4. The molecule has 20 heavy (non-hydrogen) atoms. The van der Waals surface area contributed by atoms with Gasteiger partial charge in [0.15, 0.2) is 0 Å². The molecule has 1 aromatic heterocycles. The minimum atomic E-state index is 0. The monoisotopic (exact) mass is 342 g/mol. The van der Waals surface area contributed by atoms with Crippen LogP contribution in [0.4, 0.5) is 0 Å². The van der Waals surface area contributed by atoms with E-state index in [-0.39, 0.29) is 18.2 Å². The molecule has 1 heterocycles. The maximum atomic E-state index is 10.1. The number of aromatic hydroxyl groups is 1. The van der Waals surface area contributed by atoms with Crippen LogP contribution in [0.25, 0.3) is 0 Å². The second kappa shape index (κ2) is 10.5. The van der Waals surface area contributed by atoms with Crippen LogP contribution in [0.15, 0.2) is 6.20 Å². The maximum absolute atomic E-state index is 10.1. The Morgan fingerprint density at radius 2 is 1.90 bits per heavy atom. The van der Waals surface area contributed by atoms with Crippen LogP contribution >= 0.6 is 35.6 Å². The van der Waals surface area contributed by atoms with Gasteiger partial charge >= 0.3 is 0 Å². The molecule has 0 unspecified atom stereocenters. The van der Waals surface area contributed by atoms with Crippen molar-refractivity contribution < 1.29 is 9.84 Å². The van der Waals surface area contributed by atoms with Crippen LogP contribution in [-0.4, -0.2) is 46.9 Å². The van der Waals surface area contributed by atoms with Gasteiger partial charge in [-0.3, -0.25) is 9.88 Å². The van der Waals surface area contributed by atoms with Crippen molar-refractivity contribution in [2.75, 3.05) is 32.0 Å². The number of hydrogen-bond donors (Lipinski definition) is 1. The third-order valence-corrected chi connectivity index (χ3v) is 3.25. The zero-order valence-electron chi connectivity index (χ0n) is 11.7. The maximum Gasteiger partial charge on any atom is 0.142 e. The van der Waals surface area contributed by atoms with Gasteiger partial charge in [-0.05, 0) is 12.5 Å². The zero-order chi connectivity index (χ0) is 14.3. The van der Waals surface area contributed by atoms with Crippen molar-refractivity contribution in [3.05, 3.63) is 23.0 Å². The van der Waals surface area contributed by atoms with Crippen molar-refractivity contribution >= 4 is 35.6 Å². The molecule has 0 aliphatic carbocycles. The summed E-state index contributed by atoms with van der Waals surface area (Å²) in [4.78, 5) is 6.33. The lowest BCUT2D eigenvalue weighted by Gasteiger charge is -2.22. The number of nitrogens with zero attached hydrogens (tertiary/aromatic N) is 2. The third-order valence-electron chi connectivity index (χ3n) is 2.91. The molecule has 1 aromatic rings. The highest BCUT2D eigenvalue weighted by molar-refractivity contribution is 6.18.